The van der Waals surface area contributed by atoms with Crippen molar-refractivity contribution in [2.75, 3.05) is 11.6 Å². The van der Waals surface area contributed by atoms with Crippen LogP contribution in [0.1, 0.15) is 37.9 Å². The van der Waals surface area contributed by atoms with Crippen molar-refractivity contribution in [2.24, 2.45) is 0 Å². The number of aromatic nitrogens is 2. The maximum atomic E-state index is 9.93. The highest BCUT2D eigenvalue weighted by Crippen LogP contribution is 2.30. The number of rotatable bonds is 5. The normalized spacial score (nSPS) is 25.5. The SMILES string of the molecule is CSc1nc(C)c(C)c(NC2CC(O)CC2OC(C)(C)O)n1. The van der Waals surface area contributed by atoms with Gasteiger partial charge in [-0.1, -0.05) is 11.8 Å². The number of aliphatic hydroxyl groups is 2. The van der Waals surface area contributed by atoms with Crippen LogP contribution in [0.3, 0.4) is 0 Å². The lowest BCUT2D eigenvalue weighted by Gasteiger charge is -2.28. The van der Waals surface area contributed by atoms with E-state index in [0.717, 1.165) is 17.1 Å². The van der Waals surface area contributed by atoms with Crippen molar-refractivity contribution < 1.29 is 14.9 Å². The number of hydrogen-bond acceptors (Lipinski definition) is 7. The first-order valence-corrected chi connectivity index (χ1v) is 8.66. The van der Waals surface area contributed by atoms with E-state index in [1.54, 1.807) is 13.8 Å². The molecule has 0 radical (unpaired) electrons. The minimum atomic E-state index is -1.23. The van der Waals surface area contributed by atoms with Gasteiger partial charge in [0.1, 0.15) is 5.82 Å². The number of aliphatic hydroxyl groups excluding tert-OH is 1. The minimum Gasteiger partial charge on any atom is -0.393 e. The van der Waals surface area contributed by atoms with E-state index in [-0.39, 0.29) is 12.1 Å². The summed E-state index contributed by atoms with van der Waals surface area (Å²) < 4.78 is 5.67. The van der Waals surface area contributed by atoms with Gasteiger partial charge in [-0.15, -0.1) is 0 Å². The molecule has 0 spiro atoms. The molecule has 0 aliphatic heterocycles. The summed E-state index contributed by atoms with van der Waals surface area (Å²) in [6.45, 7) is 7.12. The van der Waals surface area contributed by atoms with Crippen LogP contribution in [0.2, 0.25) is 0 Å². The number of nitrogens with zero attached hydrogens (tertiary/aromatic N) is 2. The van der Waals surface area contributed by atoms with Crippen LogP contribution in [0.25, 0.3) is 0 Å². The standard InChI is InChI=1S/C15H25N3O3S/c1-8-9(2)16-14(22-5)18-13(8)17-11-6-10(19)7-12(11)21-15(3,4)20/h10-12,19-20H,6-7H2,1-5H3,(H,16,17,18). The molecule has 3 unspecified atom stereocenters. The molecule has 0 saturated heterocycles. The first-order valence-electron chi connectivity index (χ1n) is 7.43. The third-order valence-electron chi connectivity index (χ3n) is 3.79. The molecule has 1 heterocycles. The summed E-state index contributed by atoms with van der Waals surface area (Å²) in [5.74, 6) is -0.462. The highest BCUT2D eigenvalue weighted by molar-refractivity contribution is 7.98. The average molecular weight is 327 g/mol. The van der Waals surface area contributed by atoms with E-state index >= 15 is 0 Å². The molecular weight excluding hydrogens is 302 g/mol. The van der Waals surface area contributed by atoms with Crippen molar-refractivity contribution in [3.8, 4) is 0 Å². The minimum absolute atomic E-state index is 0.0934. The van der Waals surface area contributed by atoms with Gasteiger partial charge >= 0.3 is 0 Å². The van der Waals surface area contributed by atoms with Crippen molar-refractivity contribution in [3.63, 3.8) is 0 Å². The Bertz CT molecular complexity index is 533. The molecule has 3 N–H and O–H groups in total. The lowest BCUT2D eigenvalue weighted by atomic mass is 10.1. The molecular formula is C15H25N3O3S. The maximum Gasteiger partial charge on any atom is 0.189 e. The van der Waals surface area contributed by atoms with E-state index < -0.39 is 11.9 Å². The molecule has 1 aliphatic rings. The second-order valence-corrected chi connectivity index (χ2v) is 7.02. The molecule has 2 rings (SSSR count). The first-order chi connectivity index (χ1) is 10.2. The van der Waals surface area contributed by atoms with Gasteiger partial charge in [-0.2, -0.15) is 0 Å². The van der Waals surface area contributed by atoms with Crippen molar-refractivity contribution >= 4 is 17.6 Å². The van der Waals surface area contributed by atoms with Crippen LogP contribution >= 0.6 is 11.8 Å². The Kier molecular flexibility index (Phi) is 5.32. The fourth-order valence-electron chi connectivity index (χ4n) is 2.64. The summed E-state index contributed by atoms with van der Waals surface area (Å²) in [6, 6.07) is -0.0934. The quantitative estimate of drug-likeness (QED) is 0.432. The number of aryl methyl sites for hydroxylation is 1. The van der Waals surface area contributed by atoms with Crippen LogP contribution in [-0.2, 0) is 4.74 Å². The van der Waals surface area contributed by atoms with Crippen LogP contribution < -0.4 is 5.32 Å². The van der Waals surface area contributed by atoms with Gasteiger partial charge in [0.15, 0.2) is 10.9 Å². The summed E-state index contributed by atoms with van der Waals surface area (Å²) in [4.78, 5) is 8.92. The van der Waals surface area contributed by atoms with E-state index in [9.17, 15) is 10.2 Å². The lowest BCUT2D eigenvalue weighted by Crippen LogP contribution is -2.38. The number of thioether (sulfide) groups is 1. The van der Waals surface area contributed by atoms with Gasteiger partial charge in [0, 0.05) is 17.7 Å². The summed E-state index contributed by atoms with van der Waals surface area (Å²) in [5.41, 5.74) is 1.92. The summed E-state index contributed by atoms with van der Waals surface area (Å²) in [7, 11) is 0. The maximum absolute atomic E-state index is 9.93. The first kappa shape index (κ1) is 17.5. The number of anilines is 1. The summed E-state index contributed by atoms with van der Waals surface area (Å²) in [6.07, 6.45) is 2.31. The molecule has 22 heavy (non-hydrogen) atoms. The van der Waals surface area contributed by atoms with Gasteiger partial charge in [0.05, 0.1) is 18.2 Å². The predicted molar refractivity (Wildman–Crippen MR) is 87.1 cm³/mol. The molecule has 6 nitrogen and oxygen atoms in total. The van der Waals surface area contributed by atoms with Gasteiger partial charge in [-0.3, -0.25) is 0 Å². The molecule has 1 fully saturated rings. The Labute approximate surface area is 135 Å². The molecule has 3 atom stereocenters. The summed E-state index contributed by atoms with van der Waals surface area (Å²) in [5, 5.41) is 23.9. The second-order valence-electron chi connectivity index (χ2n) is 6.25. The third kappa shape index (κ3) is 4.32. The largest absolute Gasteiger partial charge is 0.393 e. The van der Waals surface area contributed by atoms with Crippen molar-refractivity contribution in [1.29, 1.82) is 0 Å². The molecule has 7 heteroatoms. The van der Waals surface area contributed by atoms with Crippen LogP contribution in [0, 0.1) is 13.8 Å². The van der Waals surface area contributed by atoms with E-state index in [4.69, 9.17) is 4.74 Å². The Morgan fingerprint density at radius 1 is 1.27 bits per heavy atom. The smallest absolute Gasteiger partial charge is 0.189 e. The molecule has 1 saturated carbocycles. The Balaban J connectivity index is 2.19. The third-order valence-corrected chi connectivity index (χ3v) is 4.34. The Morgan fingerprint density at radius 3 is 2.55 bits per heavy atom. The fourth-order valence-corrected chi connectivity index (χ4v) is 3.05. The fraction of sp³-hybridized carbons (Fsp3) is 0.733. The molecule has 0 aromatic carbocycles. The van der Waals surface area contributed by atoms with Crippen molar-refractivity contribution in [3.05, 3.63) is 11.3 Å². The van der Waals surface area contributed by atoms with E-state index in [0.29, 0.717) is 18.0 Å². The molecule has 1 aromatic rings. The monoisotopic (exact) mass is 327 g/mol. The lowest BCUT2D eigenvalue weighted by molar-refractivity contribution is -0.206. The average Bonchev–Trinajstić information content (AvgIpc) is 2.72. The number of nitrogens with one attached hydrogen (secondary N) is 1. The van der Waals surface area contributed by atoms with Crippen LogP contribution in [0.4, 0.5) is 5.82 Å². The Hall–Kier alpha value is -0.890. The molecule has 1 aromatic heterocycles. The van der Waals surface area contributed by atoms with Gasteiger partial charge in [0.25, 0.3) is 0 Å². The van der Waals surface area contributed by atoms with Crippen molar-refractivity contribution in [1.82, 2.24) is 9.97 Å². The zero-order valence-electron chi connectivity index (χ0n) is 13.8. The molecule has 124 valence electrons. The van der Waals surface area contributed by atoms with E-state index in [2.05, 4.69) is 15.3 Å². The van der Waals surface area contributed by atoms with Gasteiger partial charge in [-0.05, 0) is 40.4 Å². The number of hydrogen-bond donors (Lipinski definition) is 3. The summed E-state index contributed by atoms with van der Waals surface area (Å²) >= 11 is 1.49. The highest BCUT2D eigenvalue weighted by Gasteiger charge is 2.37. The van der Waals surface area contributed by atoms with Crippen LogP contribution in [-0.4, -0.2) is 50.5 Å². The molecule has 0 amide bonds. The van der Waals surface area contributed by atoms with E-state index in [1.165, 1.54) is 11.8 Å². The van der Waals surface area contributed by atoms with Gasteiger partial charge in [0.2, 0.25) is 0 Å². The van der Waals surface area contributed by atoms with Crippen LogP contribution in [0.15, 0.2) is 5.16 Å². The number of ether oxygens (including phenoxy) is 1. The van der Waals surface area contributed by atoms with Crippen LogP contribution in [0.5, 0.6) is 0 Å². The highest BCUT2D eigenvalue weighted by atomic mass is 32.2. The second kappa shape index (κ2) is 6.70. The van der Waals surface area contributed by atoms with Crippen molar-refractivity contribution in [2.45, 2.75) is 69.7 Å². The van der Waals surface area contributed by atoms with Gasteiger partial charge in [-0.25, -0.2) is 9.97 Å². The zero-order valence-corrected chi connectivity index (χ0v) is 14.6. The van der Waals surface area contributed by atoms with E-state index in [1.807, 2.05) is 20.1 Å². The molecule has 0 bridgehead atoms. The predicted octanol–water partition coefficient (Wildman–Crippen LogP) is 1.86. The molecule has 1 aliphatic carbocycles. The topological polar surface area (TPSA) is 87.5 Å². The Morgan fingerprint density at radius 2 is 1.95 bits per heavy atom. The van der Waals surface area contributed by atoms with Gasteiger partial charge < -0.3 is 20.3 Å². The zero-order chi connectivity index (χ0) is 16.5.